The van der Waals surface area contributed by atoms with Crippen LogP contribution >= 0.6 is 0 Å². The number of nitrogens with two attached hydrogens (primary N) is 1. The van der Waals surface area contributed by atoms with E-state index in [2.05, 4.69) is 37.3 Å². The topological polar surface area (TPSA) is 26.0 Å². The molecular formula is C14H19N. The highest BCUT2D eigenvalue weighted by atomic mass is 14.6. The maximum atomic E-state index is 5.96. The number of hydrogen-bond acceptors (Lipinski definition) is 1. The van der Waals surface area contributed by atoms with Crippen LogP contribution in [-0.2, 0) is 0 Å². The molecule has 0 bridgehead atoms. The van der Waals surface area contributed by atoms with Gasteiger partial charge in [0, 0.05) is 6.04 Å². The Labute approximate surface area is 92.0 Å². The molecule has 0 spiro atoms. The van der Waals surface area contributed by atoms with E-state index in [0.717, 1.165) is 6.42 Å². The largest absolute Gasteiger partial charge is 0.327 e. The first kappa shape index (κ1) is 10.4. The molecule has 1 saturated carbocycles. The predicted molar refractivity (Wildman–Crippen MR) is 65.6 cm³/mol. The van der Waals surface area contributed by atoms with Crippen molar-refractivity contribution in [1.82, 2.24) is 0 Å². The normalized spacial score (nSPS) is 24.4. The molecule has 1 atom stereocenters. The van der Waals surface area contributed by atoms with E-state index >= 15 is 0 Å². The van der Waals surface area contributed by atoms with Gasteiger partial charge in [-0.1, -0.05) is 41.5 Å². The Morgan fingerprint density at radius 1 is 1.27 bits per heavy atom. The van der Waals surface area contributed by atoms with Crippen LogP contribution in [0.15, 0.2) is 29.8 Å². The summed E-state index contributed by atoms with van der Waals surface area (Å²) >= 11 is 0. The van der Waals surface area contributed by atoms with Crippen molar-refractivity contribution in [3.63, 3.8) is 0 Å². The van der Waals surface area contributed by atoms with Gasteiger partial charge in [-0.2, -0.15) is 0 Å². The van der Waals surface area contributed by atoms with Gasteiger partial charge in [0.1, 0.15) is 0 Å². The van der Waals surface area contributed by atoms with Gasteiger partial charge in [0.05, 0.1) is 0 Å². The van der Waals surface area contributed by atoms with Crippen LogP contribution in [0, 0.1) is 6.92 Å². The fourth-order valence-electron chi connectivity index (χ4n) is 2.16. The quantitative estimate of drug-likeness (QED) is 0.741. The Morgan fingerprint density at radius 2 is 2.00 bits per heavy atom. The second-order valence-electron chi connectivity index (χ2n) is 4.57. The average Bonchev–Trinajstić information content (AvgIpc) is 2.22. The summed E-state index contributed by atoms with van der Waals surface area (Å²) in [6, 6.07) is 9.07. The summed E-state index contributed by atoms with van der Waals surface area (Å²) in [7, 11) is 0. The minimum atomic E-state index is 0.385. The van der Waals surface area contributed by atoms with Crippen LogP contribution in [0.3, 0.4) is 0 Å². The Hall–Kier alpha value is -1.08. The molecule has 1 unspecified atom stereocenters. The van der Waals surface area contributed by atoms with Crippen molar-refractivity contribution in [1.29, 1.82) is 0 Å². The van der Waals surface area contributed by atoms with Crippen molar-refractivity contribution in [3.8, 4) is 0 Å². The molecule has 0 saturated heterocycles. The van der Waals surface area contributed by atoms with Crippen LogP contribution in [0.2, 0.25) is 0 Å². The molecule has 1 aromatic rings. The molecule has 0 aromatic heterocycles. The van der Waals surface area contributed by atoms with Gasteiger partial charge in [-0.15, -0.1) is 0 Å². The minimum absolute atomic E-state index is 0.385. The van der Waals surface area contributed by atoms with E-state index in [1.54, 1.807) is 0 Å². The highest BCUT2D eigenvalue weighted by Gasteiger charge is 2.12. The van der Waals surface area contributed by atoms with Crippen molar-refractivity contribution in [2.75, 3.05) is 0 Å². The molecule has 0 heterocycles. The summed E-state index contributed by atoms with van der Waals surface area (Å²) in [5, 5.41) is 0. The van der Waals surface area contributed by atoms with Crippen LogP contribution in [0.25, 0.3) is 6.08 Å². The fraction of sp³-hybridized carbons (Fsp3) is 0.429. The number of benzene rings is 1. The van der Waals surface area contributed by atoms with Crippen molar-refractivity contribution >= 4 is 6.08 Å². The van der Waals surface area contributed by atoms with E-state index < -0.39 is 0 Å². The van der Waals surface area contributed by atoms with E-state index in [-0.39, 0.29) is 0 Å². The first-order chi connectivity index (χ1) is 7.24. The molecule has 1 nitrogen and oxygen atoms in total. The molecule has 1 fully saturated rings. The lowest BCUT2D eigenvalue weighted by molar-refractivity contribution is 0.520. The summed E-state index contributed by atoms with van der Waals surface area (Å²) in [4.78, 5) is 0. The van der Waals surface area contributed by atoms with Gasteiger partial charge in [0.2, 0.25) is 0 Å². The summed E-state index contributed by atoms with van der Waals surface area (Å²) in [6.45, 7) is 2.12. The molecule has 1 heteroatoms. The fourth-order valence-corrected chi connectivity index (χ4v) is 2.16. The Balaban J connectivity index is 2.11. The van der Waals surface area contributed by atoms with Crippen LogP contribution in [-0.4, -0.2) is 6.04 Å². The Kier molecular flexibility index (Phi) is 3.22. The minimum Gasteiger partial charge on any atom is -0.327 e. The molecule has 2 rings (SSSR count). The summed E-state index contributed by atoms with van der Waals surface area (Å²) in [6.07, 6.45) is 7.04. The van der Waals surface area contributed by atoms with Gasteiger partial charge in [-0.3, -0.25) is 0 Å². The van der Waals surface area contributed by atoms with Crippen molar-refractivity contribution in [2.45, 2.75) is 38.6 Å². The first-order valence-electron chi connectivity index (χ1n) is 5.76. The van der Waals surface area contributed by atoms with Crippen molar-refractivity contribution in [2.24, 2.45) is 5.73 Å². The summed E-state index contributed by atoms with van der Waals surface area (Å²) < 4.78 is 0. The highest BCUT2D eigenvalue weighted by molar-refractivity contribution is 5.53. The van der Waals surface area contributed by atoms with E-state index in [4.69, 9.17) is 5.73 Å². The second kappa shape index (κ2) is 4.63. The van der Waals surface area contributed by atoms with Gasteiger partial charge in [0.25, 0.3) is 0 Å². The first-order valence-corrected chi connectivity index (χ1v) is 5.76. The second-order valence-corrected chi connectivity index (χ2v) is 4.57. The van der Waals surface area contributed by atoms with Gasteiger partial charge in [-0.05, 0) is 38.2 Å². The molecule has 0 amide bonds. The molecule has 1 aliphatic carbocycles. The van der Waals surface area contributed by atoms with E-state index in [9.17, 15) is 0 Å². The highest BCUT2D eigenvalue weighted by Crippen LogP contribution is 2.24. The smallest absolute Gasteiger partial charge is 0.00763 e. The standard InChI is InChI=1S/C14H19N/c1-11-5-7-12(8-6-11)9-13-3-2-4-14(15)10-13/h5-9,14H,2-4,10,15H2,1H3. The SMILES string of the molecule is Cc1ccc(C=C2CCCC(N)C2)cc1. The monoisotopic (exact) mass is 201 g/mol. The third-order valence-corrected chi connectivity index (χ3v) is 3.05. The molecule has 2 N–H and O–H groups in total. The van der Waals surface area contributed by atoms with E-state index in [0.29, 0.717) is 6.04 Å². The maximum Gasteiger partial charge on any atom is 0.00763 e. The molecule has 0 radical (unpaired) electrons. The van der Waals surface area contributed by atoms with E-state index in [1.807, 2.05) is 0 Å². The third-order valence-electron chi connectivity index (χ3n) is 3.05. The molecule has 1 aliphatic rings. The van der Waals surface area contributed by atoms with Crippen LogP contribution in [0.5, 0.6) is 0 Å². The molecule has 0 aliphatic heterocycles. The summed E-state index contributed by atoms with van der Waals surface area (Å²) in [5.74, 6) is 0. The third kappa shape index (κ3) is 2.93. The average molecular weight is 201 g/mol. The van der Waals surface area contributed by atoms with Gasteiger partial charge in [0.15, 0.2) is 0 Å². The Bertz CT molecular complexity index is 348. The van der Waals surface area contributed by atoms with Crippen molar-refractivity contribution < 1.29 is 0 Å². The number of rotatable bonds is 1. The molecule has 80 valence electrons. The number of hydrogen-bond donors (Lipinski definition) is 1. The van der Waals surface area contributed by atoms with Gasteiger partial charge < -0.3 is 5.73 Å². The van der Waals surface area contributed by atoms with Crippen LogP contribution in [0.1, 0.15) is 36.8 Å². The zero-order valence-corrected chi connectivity index (χ0v) is 9.37. The summed E-state index contributed by atoms with van der Waals surface area (Å²) in [5.41, 5.74) is 10.1. The predicted octanol–water partition coefficient (Wildman–Crippen LogP) is 3.28. The number of aryl methyl sites for hydroxylation is 1. The van der Waals surface area contributed by atoms with Gasteiger partial charge >= 0.3 is 0 Å². The zero-order chi connectivity index (χ0) is 10.7. The van der Waals surface area contributed by atoms with Crippen LogP contribution in [0.4, 0.5) is 0 Å². The maximum absolute atomic E-state index is 5.96. The zero-order valence-electron chi connectivity index (χ0n) is 9.37. The van der Waals surface area contributed by atoms with Crippen LogP contribution < -0.4 is 5.73 Å². The van der Waals surface area contributed by atoms with Crippen molar-refractivity contribution in [3.05, 3.63) is 41.0 Å². The Morgan fingerprint density at radius 3 is 2.67 bits per heavy atom. The molecule has 1 aromatic carbocycles. The van der Waals surface area contributed by atoms with E-state index in [1.165, 1.54) is 36.0 Å². The molecular weight excluding hydrogens is 182 g/mol. The van der Waals surface area contributed by atoms with Gasteiger partial charge in [-0.25, -0.2) is 0 Å². The lowest BCUT2D eigenvalue weighted by Crippen LogP contribution is -2.23. The lowest BCUT2D eigenvalue weighted by atomic mass is 9.90. The lowest BCUT2D eigenvalue weighted by Gasteiger charge is -2.20. The molecule has 15 heavy (non-hydrogen) atoms.